The third-order valence-corrected chi connectivity index (χ3v) is 4.85. The highest BCUT2D eigenvalue weighted by Crippen LogP contribution is 2.16. The zero-order valence-corrected chi connectivity index (χ0v) is 18.9. The van der Waals surface area contributed by atoms with E-state index in [1.54, 1.807) is 71.8 Å². The first-order valence-corrected chi connectivity index (χ1v) is 10.6. The zero-order valence-electron chi connectivity index (χ0n) is 17.4. The van der Waals surface area contributed by atoms with Crippen LogP contribution in [0, 0.1) is 0 Å². The van der Waals surface area contributed by atoms with Gasteiger partial charge in [-0.1, -0.05) is 11.6 Å². The Morgan fingerprint density at radius 1 is 0.735 bits per heavy atom. The molecule has 4 aromatic heterocycles. The number of aromatic nitrogens is 4. The van der Waals surface area contributed by atoms with Crippen LogP contribution in [-0.4, -0.2) is 27.0 Å². The maximum atomic E-state index is 12.2. The Morgan fingerprint density at radius 2 is 1.41 bits per heavy atom. The fourth-order valence-corrected chi connectivity index (χ4v) is 3.29. The van der Waals surface area contributed by atoms with E-state index in [0.29, 0.717) is 33.7 Å². The Labute approximate surface area is 204 Å². The molecule has 0 aliphatic heterocycles. The third kappa shape index (κ3) is 6.15. The van der Waals surface area contributed by atoms with E-state index in [1.165, 1.54) is 12.3 Å². The minimum Gasteiger partial charge on any atom is -0.308 e. The molecule has 0 atom stereocenters. The van der Waals surface area contributed by atoms with Gasteiger partial charge in [0.15, 0.2) is 6.20 Å². The maximum Gasteiger partial charge on any atom is 0.324 e. The molecule has 4 rings (SSSR count). The second-order valence-electron chi connectivity index (χ2n) is 6.77. The summed E-state index contributed by atoms with van der Waals surface area (Å²) in [4.78, 5) is 36.3. The predicted molar refractivity (Wildman–Crippen MR) is 130 cm³/mol. The molecule has 4 heterocycles. The summed E-state index contributed by atoms with van der Waals surface area (Å²) in [6.07, 6.45) is 7.88. The van der Waals surface area contributed by atoms with Crippen molar-refractivity contribution in [3.63, 3.8) is 0 Å². The molecule has 170 valence electrons. The van der Waals surface area contributed by atoms with E-state index >= 15 is 0 Å². The van der Waals surface area contributed by atoms with Crippen LogP contribution in [0.5, 0.6) is 0 Å². The van der Waals surface area contributed by atoms with Gasteiger partial charge in [0.2, 0.25) is 5.69 Å². The average molecular weight is 496 g/mol. The molecule has 0 bridgehead atoms. The van der Waals surface area contributed by atoms with Crippen LogP contribution in [0.2, 0.25) is 10.3 Å². The molecular formula is C22H17Cl2N8O2+. The van der Waals surface area contributed by atoms with Crippen molar-refractivity contribution in [1.82, 2.24) is 15.0 Å². The normalized spacial score (nSPS) is 10.3. The van der Waals surface area contributed by atoms with Crippen molar-refractivity contribution in [2.45, 2.75) is 0 Å². The van der Waals surface area contributed by atoms with Gasteiger partial charge < -0.3 is 16.0 Å². The van der Waals surface area contributed by atoms with Crippen molar-refractivity contribution in [2.75, 3.05) is 21.3 Å². The van der Waals surface area contributed by atoms with Gasteiger partial charge >= 0.3 is 12.1 Å². The van der Waals surface area contributed by atoms with Crippen LogP contribution >= 0.6 is 23.2 Å². The summed E-state index contributed by atoms with van der Waals surface area (Å²) in [5.41, 5.74) is 2.28. The Hall–Kier alpha value is -4.28. The highest BCUT2D eigenvalue weighted by molar-refractivity contribution is 6.29. The molecule has 4 N–H and O–H groups in total. The molecule has 10 nitrogen and oxygen atoms in total. The SMILES string of the molecule is O=C(Nc1ccncc1)Nc1cc[n+](-c2ccc(NC(=O)Nc3ccnc(Cl)c3)nc2)c(Cl)c1. The highest BCUT2D eigenvalue weighted by atomic mass is 35.5. The van der Waals surface area contributed by atoms with Crippen molar-refractivity contribution in [2.24, 2.45) is 0 Å². The molecule has 0 fully saturated rings. The minimum absolute atomic E-state index is 0.268. The first-order valence-electron chi connectivity index (χ1n) is 9.81. The van der Waals surface area contributed by atoms with Crippen LogP contribution in [0.25, 0.3) is 5.69 Å². The van der Waals surface area contributed by atoms with Gasteiger partial charge in [0, 0.05) is 48.2 Å². The smallest absolute Gasteiger partial charge is 0.308 e. The molecule has 0 aromatic carbocycles. The fraction of sp³-hybridized carbons (Fsp3) is 0. The number of hydrogen-bond donors (Lipinski definition) is 4. The van der Waals surface area contributed by atoms with Gasteiger partial charge in [-0.2, -0.15) is 0 Å². The Morgan fingerprint density at radius 3 is 2.09 bits per heavy atom. The summed E-state index contributed by atoms with van der Waals surface area (Å²) in [6, 6.07) is 12.3. The van der Waals surface area contributed by atoms with E-state index in [1.807, 2.05) is 0 Å². The number of nitrogens with one attached hydrogen (secondary N) is 4. The van der Waals surface area contributed by atoms with Crippen molar-refractivity contribution in [3.8, 4) is 5.69 Å². The van der Waals surface area contributed by atoms with E-state index in [2.05, 4.69) is 36.2 Å². The van der Waals surface area contributed by atoms with E-state index in [4.69, 9.17) is 23.2 Å². The van der Waals surface area contributed by atoms with E-state index in [0.717, 1.165) is 0 Å². The molecule has 4 amide bonds. The lowest BCUT2D eigenvalue weighted by Gasteiger charge is -2.08. The van der Waals surface area contributed by atoms with Gasteiger partial charge in [-0.05, 0) is 41.9 Å². The van der Waals surface area contributed by atoms with E-state index < -0.39 is 12.1 Å². The second-order valence-corrected chi connectivity index (χ2v) is 7.55. The number of amides is 4. The van der Waals surface area contributed by atoms with Crippen LogP contribution in [0.3, 0.4) is 0 Å². The number of halogens is 2. The van der Waals surface area contributed by atoms with Crippen LogP contribution in [0.4, 0.5) is 32.5 Å². The van der Waals surface area contributed by atoms with Crippen LogP contribution < -0.4 is 25.8 Å². The van der Waals surface area contributed by atoms with Gasteiger partial charge in [-0.3, -0.25) is 10.3 Å². The molecule has 34 heavy (non-hydrogen) atoms. The Kier molecular flexibility index (Phi) is 7.11. The van der Waals surface area contributed by atoms with Gasteiger partial charge in [-0.15, -0.1) is 4.57 Å². The number of carbonyl (C=O) groups excluding carboxylic acids is 2. The number of rotatable bonds is 5. The fourth-order valence-electron chi connectivity index (χ4n) is 2.85. The lowest BCUT2D eigenvalue weighted by molar-refractivity contribution is -0.593. The minimum atomic E-state index is -0.478. The lowest BCUT2D eigenvalue weighted by Crippen LogP contribution is -2.32. The number of urea groups is 2. The second kappa shape index (κ2) is 10.6. The molecule has 12 heteroatoms. The predicted octanol–water partition coefficient (Wildman–Crippen LogP) is 4.74. The number of anilines is 4. The van der Waals surface area contributed by atoms with Gasteiger partial charge in [0.1, 0.15) is 17.2 Å². The van der Waals surface area contributed by atoms with Crippen molar-refractivity contribution in [1.29, 1.82) is 0 Å². The monoisotopic (exact) mass is 495 g/mol. The Balaban J connectivity index is 1.37. The average Bonchev–Trinajstić information content (AvgIpc) is 2.80. The summed E-state index contributed by atoms with van der Waals surface area (Å²) < 4.78 is 1.67. The number of pyridine rings is 4. The first kappa shape index (κ1) is 22.9. The summed E-state index contributed by atoms with van der Waals surface area (Å²) in [5, 5.41) is 11.3. The van der Waals surface area contributed by atoms with Crippen LogP contribution in [0.15, 0.2) is 79.5 Å². The van der Waals surface area contributed by atoms with E-state index in [9.17, 15) is 9.59 Å². The molecule has 0 aliphatic rings. The summed E-state index contributed by atoms with van der Waals surface area (Å²) >= 11 is 12.2. The number of hydrogen-bond acceptors (Lipinski definition) is 5. The Bertz CT molecular complexity index is 1320. The van der Waals surface area contributed by atoms with Crippen molar-refractivity contribution >= 4 is 58.1 Å². The summed E-state index contributed by atoms with van der Waals surface area (Å²) in [6.45, 7) is 0. The molecular weight excluding hydrogens is 479 g/mol. The molecule has 0 saturated carbocycles. The maximum absolute atomic E-state index is 12.2. The number of nitrogens with zero attached hydrogens (tertiary/aromatic N) is 4. The molecule has 4 aromatic rings. The highest BCUT2D eigenvalue weighted by Gasteiger charge is 2.15. The first-order chi connectivity index (χ1) is 16.5. The summed E-state index contributed by atoms with van der Waals surface area (Å²) in [7, 11) is 0. The van der Waals surface area contributed by atoms with Crippen molar-refractivity contribution in [3.05, 3.63) is 89.8 Å². The van der Waals surface area contributed by atoms with Gasteiger partial charge in [0.25, 0.3) is 5.15 Å². The lowest BCUT2D eigenvalue weighted by atomic mass is 10.3. The largest absolute Gasteiger partial charge is 0.324 e. The quantitative estimate of drug-likeness (QED) is 0.235. The zero-order chi connectivity index (χ0) is 23.9. The summed E-state index contributed by atoms with van der Waals surface area (Å²) in [5.74, 6) is 0.337. The number of carbonyl (C=O) groups is 2. The molecule has 0 unspecified atom stereocenters. The molecule has 0 radical (unpaired) electrons. The van der Waals surface area contributed by atoms with Crippen LogP contribution in [0.1, 0.15) is 0 Å². The topological polar surface area (TPSA) is 125 Å². The standard InChI is InChI=1S/C22H16Cl2N8O2/c23-18-11-15(5-9-26-18)29-22(34)31-20-2-1-17(13-27-20)32-10-6-16(12-19(32)24)30-21(33)28-14-3-7-25-8-4-14/h1-13H,(H3,25,26,27,28,29,31,33,34)/p+1. The van der Waals surface area contributed by atoms with Gasteiger partial charge in [-0.25, -0.2) is 19.6 Å². The molecule has 0 aliphatic carbocycles. The van der Waals surface area contributed by atoms with Crippen molar-refractivity contribution < 1.29 is 14.2 Å². The third-order valence-electron chi connectivity index (χ3n) is 4.36. The van der Waals surface area contributed by atoms with E-state index in [-0.39, 0.29) is 5.15 Å². The molecule has 0 spiro atoms. The molecule has 0 saturated heterocycles. The van der Waals surface area contributed by atoms with Crippen LogP contribution in [-0.2, 0) is 0 Å². The van der Waals surface area contributed by atoms with Gasteiger partial charge in [0.05, 0.1) is 5.69 Å².